The normalized spacial score (nSPS) is 11.7. The van der Waals surface area contributed by atoms with Crippen molar-refractivity contribution < 1.29 is 19.1 Å². The van der Waals surface area contributed by atoms with Gasteiger partial charge in [0.25, 0.3) is 0 Å². The first-order valence-electron chi connectivity index (χ1n) is 5.89. The van der Waals surface area contributed by atoms with Crippen LogP contribution < -0.4 is 5.32 Å². The Hall–Kier alpha value is -2.11. The molecule has 1 aromatic carbocycles. The fourth-order valence-corrected chi connectivity index (χ4v) is 1.54. The zero-order chi connectivity index (χ0) is 14.4. The van der Waals surface area contributed by atoms with Crippen LogP contribution in [0.1, 0.15) is 24.9 Å². The number of nitrogens with one attached hydrogen (secondary N) is 1. The smallest absolute Gasteiger partial charge is 0.317 e. The van der Waals surface area contributed by atoms with Crippen LogP contribution in [0.2, 0.25) is 0 Å². The van der Waals surface area contributed by atoms with Crippen molar-refractivity contribution in [1.82, 2.24) is 10.2 Å². The molecule has 0 spiro atoms. The number of rotatable bonds is 5. The molecule has 1 rings (SSSR count). The second-order valence-electron chi connectivity index (χ2n) is 4.21. The maximum absolute atomic E-state index is 12.8. The van der Waals surface area contributed by atoms with Gasteiger partial charge in [0, 0.05) is 13.6 Å². The van der Waals surface area contributed by atoms with Crippen LogP contribution in [0.3, 0.4) is 0 Å². The van der Waals surface area contributed by atoms with Gasteiger partial charge in [-0.1, -0.05) is 12.1 Å². The summed E-state index contributed by atoms with van der Waals surface area (Å²) in [6.07, 6.45) is -0.121. The first-order valence-corrected chi connectivity index (χ1v) is 5.89. The van der Waals surface area contributed by atoms with Crippen LogP contribution in [0.5, 0.6) is 0 Å². The molecule has 0 aromatic heterocycles. The first-order chi connectivity index (χ1) is 8.91. The minimum atomic E-state index is -0.963. The second-order valence-corrected chi connectivity index (χ2v) is 4.21. The SMILES string of the molecule is CC(c1ccc(F)cc1)N(C)C(=O)NCCC(=O)O. The van der Waals surface area contributed by atoms with Gasteiger partial charge in [-0.15, -0.1) is 0 Å². The fraction of sp³-hybridized carbons (Fsp3) is 0.385. The lowest BCUT2D eigenvalue weighted by Gasteiger charge is -2.25. The molecule has 5 nitrogen and oxygen atoms in total. The molecule has 1 unspecified atom stereocenters. The van der Waals surface area contributed by atoms with Crippen molar-refractivity contribution in [3.05, 3.63) is 35.6 Å². The third-order valence-corrected chi connectivity index (χ3v) is 2.87. The molecule has 0 saturated carbocycles. The number of benzene rings is 1. The van der Waals surface area contributed by atoms with Gasteiger partial charge in [-0.25, -0.2) is 9.18 Å². The van der Waals surface area contributed by atoms with Gasteiger partial charge in [0.1, 0.15) is 5.82 Å². The summed E-state index contributed by atoms with van der Waals surface area (Å²) in [4.78, 5) is 23.5. The predicted molar refractivity (Wildman–Crippen MR) is 68.2 cm³/mol. The fourth-order valence-electron chi connectivity index (χ4n) is 1.54. The number of aliphatic carboxylic acids is 1. The molecular weight excluding hydrogens is 251 g/mol. The molecule has 0 aliphatic carbocycles. The molecule has 0 heterocycles. The largest absolute Gasteiger partial charge is 0.481 e. The molecule has 1 atom stereocenters. The Morgan fingerprint density at radius 3 is 2.47 bits per heavy atom. The topological polar surface area (TPSA) is 69.6 Å². The molecular formula is C13H17FN2O3. The number of carboxylic acid groups (broad SMARTS) is 1. The highest BCUT2D eigenvalue weighted by Crippen LogP contribution is 2.18. The van der Waals surface area contributed by atoms with Crippen LogP contribution in [-0.4, -0.2) is 35.6 Å². The summed E-state index contributed by atoms with van der Waals surface area (Å²) in [5.74, 6) is -1.29. The molecule has 0 fully saturated rings. The molecule has 0 radical (unpaired) electrons. The minimum Gasteiger partial charge on any atom is -0.481 e. The maximum atomic E-state index is 12.8. The van der Waals surface area contributed by atoms with Gasteiger partial charge in [-0.3, -0.25) is 4.79 Å². The van der Waals surface area contributed by atoms with E-state index >= 15 is 0 Å². The third kappa shape index (κ3) is 4.57. The summed E-state index contributed by atoms with van der Waals surface area (Å²) in [5.41, 5.74) is 0.803. The minimum absolute atomic E-state index is 0.0780. The molecule has 1 aromatic rings. The van der Waals surface area contributed by atoms with Crippen molar-refractivity contribution in [3.63, 3.8) is 0 Å². The highest BCUT2D eigenvalue weighted by molar-refractivity contribution is 5.75. The molecule has 0 saturated heterocycles. The van der Waals surface area contributed by atoms with Crippen LogP contribution in [0.25, 0.3) is 0 Å². The van der Waals surface area contributed by atoms with Crippen LogP contribution in [0, 0.1) is 5.82 Å². The standard InChI is InChI=1S/C13H17FN2O3/c1-9(10-3-5-11(14)6-4-10)16(2)13(19)15-8-7-12(17)18/h3-6,9H,7-8H2,1-2H3,(H,15,19)(H,17,18). The summed E-state index contributed by atoms with van der Waals surface area (Å²) < 4.78 is 12.8. The van der Waals surface area contributed by atoms with Crippen molar-refractivity contribution in [3.8, 4) is 0 Å². The lowest BCUT2D eigenvalue weighted by Crippen LogP contribution is -2.39. The van der Waals surface area contributed by atoms with Gasteiger partial charge < -0.3 is 15.3 Å². The quantitative estimate of drug-likeness (QED) is 0.858. The molecule has 0 bridgehead atoms. The van der Waals surface area contributed by atoms with E-state index in [1.165, 1.54) is 17.0 Å². The average Bonchev–Trinajstić information content (AvgIpc) is 2.37. The van der Waals surface area contributed by atoms with E-state index in [9.17, 15) is 14.0 Å². The van der Waals surface area contributed by atoms with Gasteiger partial charge in [0.2, 0.25) is 0 Å². The van der Waals surface area contributed by atoms with Crippen LogP contribution in [-0.2, 0) is 4.79 Å². The lowest BCUT2D eigenvalue weighted by molar-refractivity contribution is -0.136. The van der Waals surface area contributed by atoms with E-state index < -0.39 is 5.97 Å². The van der Waals surface area contributed by atoms with E-state index in [1.807, 2.05) is 6.92 Å². The van der Waals surface area contributed by atoms with Gasteiger partial charge in [-0.05, 0) is 24.6 Å². The van der Waals surface area contributed by atoms with E-state index in [2.05, 4.69) is 5.32 Å². The predicted octanol–water partition coefficient (Wildman–Crippen LogP) is 2.00. The number of urea groups is 1. The van der Waals surface area contributed by atoms with Gasteiger partial charge in [0.05, 0.1) is 12.5 Å². The van der Waals surface area contributed by atoms with Gasteiger partial charge >= 0.3 is 12.0 Å². The Bertz CT molecular complexity index is 448. The Labute approximate surface area is 111 Å². The first kappa shape index (κ1) is 14.9. The van der Waals surface area contributed by atoms with Gasteiger partial charge in [-0.2, -0.15) is 0 Å². The summed E-state index contributed by atoms with van der Waals surface area (Å²) in [5, 5.41) is 11.0. The number of nitrogens with zero attached hydrogens (tertiary/aromatic N) is 1. The third-order valence-electron chi connectivity index (χ3n) is 2.87. The summed E-state index contributed by atoms with van der Waals surface area (Å²) in [7, 11) is 1.60. The Kier molecular flexibility index (Phi) is 5.29. The summed E-state index contributed by atoms with van der Waals surface area (Å²) in [6.45, 7) is 1.89. The Morgan fingerprint density at radius 2 is 1.95 bits per heavy atom. The number of carbonyl (C=O) groups excluding carboxylic acids is 1. The maximum Gasteiger partial charge on any atom is 0.317 e. The van der Waals surface area contributed by atoms with Crippen LogP contribution in [0.15, 0.2) is 24.3 Å². The van der Waals surface area contributed by atoms with Crippen LogP contribution >= 0.6 is 0 Å². The van der Waals surface area contributed by atoms with Crippen molar-refractivity contribution >= 4 is 12.0 Å². The number of hydrogen-bond donors (Lipinski definition) is 2. The summed E-state index contributed by atoms with van der Waals surface area (Å²) in [6, 6.07) is 5.30. The molecule has 2 N–H and O–H groups in total. The zero-order valence-corrected chi connectivity index (χ0v) is 10.9. The number of carbonyl (C=O) groups is 2. The zero-order valence-electron chi connectivity index (χ0n) is 10.9. The number of hydrogen-bond acceptors (Lipinski definition) is 2. The monoisotopic (exact) mass is 268 g/mol. The van der Waals surface area contributed by atoms with E-state index in [4.69, 9.17) is 5.11 Å². The van der Waals surface area contributed by atoms with Crippen LogP contribution in [0.4, 0.5) is 9.18 Å². The lowest BCUT2D eigenvalue weighted by atomic mass is 10.1. The second kappa shape index (κ2) is 6.72. The molecule has 0 aliphatic rings. The van der Waals surface area contributed by atoms with Crippen molar-refractivity contribution in [2.45, 2.75) is 19.4 Å². The molecule has 104 valence electrons. The van der Waals surface area contributed by atoms with E-state index in [1.54, 1.807) is 19.2 Å². The Balaban J connectivity index is 2.56. The van der Waals surface area contributed by atoms with Crippen molar-refractivity contribution in [2.24, 2.45) is 0 Å². The molecule has 2 amide bonds. The molecule has 19 heavy (non-hydrogen) atoms. The number of halogens is 1. The van der Waals surface area contributed by atoms with E-state index in [0.717, 1.165) is 5.56 Å². The number of amides is 2. The van der Waals surface area contributed by atoms with E-state index in [0.29, 0.717) is 0 Å². The highest BCUT2D eigenvalue weighted by Gasteiger charge is 2.17. The van der Waals surface area contributed by atoms with Crippen molar-refractivity contribution in [1.29, 1.82) is 0 Å². The molecule has 6 heteroatoms. The van der Waals surface area contributed by atoms with E-state index in [-0.39, 0.29) is 30.9 Å². The molecule has 0 aliphatic heterocycles. The Morgan fingerprint density at radius 1 is 1.37 bits per heavy atom. The van der Waals surface area contributed by atoms with Gasteiger partial charge in [0.15, 0.2) is 0 Å². The average molecular weight is 268 g/mol. The summed E-state index contributed by atoms with van der Waals surface area (Å²) >= 11 is 0. The number of carboxylic acids is 1. The highest BCUT2D eigenvalue weighted by atomic mass is 19.1. The van der Waals surface area contributed by atoms with Crippen molar-refractivity contribution in [2.75, 3.05) is 13.6 Å².